The SMILES string of the molecule is CS(=O)(=O)N1CCC(C(=O)OCC(=O)c2ccc(C3CCCCC3)cc2)CC1. The average Bonchev–Trinajstić information content (AvgIpc) is 2.72. The summed E-state index contributed by atoms with van der Waals surface area (Å²) in [5.41, 5.74) is 1.84. The summed E-state index contributed by atoms with van der Waals surface area (Å²) in [4.78, 5) is 24.5. The smallest absolute Gasteiger partial charge is 0.309 e. The number of ether oxygens (including phenoxy) is 1. The van der Waals surface area contributed by atoms with Crippen LogP contribution in [0.5, 0.6) is 0 Å². The van der Waals surface area contributed by atoms with Crippen LogP contribution in [0.2, 0.25) is 0 Å². The first kappa shape index (κ1) is 21.0. The summed E-state index contributed by atoms with van der Waals surface area (Å²) in [6, 6.07) is 7.69. The van der Waals surface area contributed by atoms with Crippen LogP contribution in [0.15, 0.2) is 24.3 Å². The zero-order valence-electron chi connectivity index (χ0n) is 16.4. The van der Waals surface area contributed by atoms with Gasteiger partial charge in [-0.2, -0.15) is 0 Å². The molecule has 1 aliphatic carbocycles. The molecule has 0 bridgehead atoms. The number of carbonyl (C=O) groups is 2. The third kappa shape index (κ3) is 5.41. The largest absolute Gasteiger partial charge is 0.457 e. The van der Waals surface area contributed by atoms with Crippen LogP contribution in [-0.2, 0) is 19.6 Å². The van der Waals surface area contributed by atoms with E-state index in [0.29, 0.717) is 37.4 Å². The van der Waals surface area contributed by atoms with Gasteiger partial charge in [-0.25, -0.2) is 12.7 Å². The Bertz CT molecular complexity index is 789. The zero-order valence-corrected chi connectivity index (χ0v) is 17.2. The molecule has 2 fully saturated rings. The number of sulfonamides is 1. The highest BCUT2D eigenvalue weighted by Gasteiger charge is 2.30. The molecule has 1 saturated heterocycles. The first-order valence-corrected chi connectivity index (χ1v) is 11.9. The van der Waals surface area contributed by atoms with Crippen LogP contribution in [0, 0.1) is 5.92 Å². The zero-order chi connectivity index (χ0) is 20.1. The minimum absolute atomic E-state index is 0.211. The van der Waals surface area contributed by atoms with E-state index in [9.17, 15) is 18.0 Å². The summed E-state index contributed by atoms with van der Waals surface area (Å²) in [7, 11) is -3.22. The van der Waals surface area contributed by atoms with Crippen LogP contribution >= 0.6 is 0 Å². The summed E-state index contributed by atoms with van der Waals surface area (Å²) in [5.74, 6) is -0.384. The third-order valence-corrected chi connectivity index (χ3v) is 7.21. The highest BCUT2D eigenvalue weighted by atomic mass is 32.2. The average molecular weight is 408 g/mol. The maximum atomic E-state index is 12.3. The Balaban J connectivity index is 1.46. The van der Waals surface area contributed by atoms with Crippen molar-refractivity contribution in [2.45, 2.75) is 50.9 Å². The van der Waals surface area contributed by atoms with Crippen LogP contribution in [0.1, 0.15) is 66.8 Å². The van der Waals surface area contributed by atoms with Crippen molar-refractivity contribution in [1.29, 1.82) is 0 Å². The van der Waals surface area contributed by atoms with Gasteiger partial charge in [0.1, 0.15) is 0 Å². The lowest BCUT2D eigenvalue weighted by Crippen LogP contribution is -2.40. The van der Waals surface area contributed by atoms with Gasteiger partial charge in [-0.3, -0.25) is 9.59 Å². The first-order valence-electron chi connectivity index (χ1n) is 10.1. The van der Waals surface area contributed by atoms with Gasteiger partial charge in [0.25, 0.3) is 0 Å². The Labute approximate surface area is 167 Å². The highest BCUT2D eigenvalue weighted by molar-refractivity contribution is 7.88. The summed E-state index contributed by atoms with van der Waals surface area (Å²) in [6.45, 7) is 0.359. The van der Waals surface area contributed by atoms with Crippen LogP contribution in [-0.4, -0.2) is 50.4 Å². The van der Waals surface area contributed by atoms with Gasteiger partial charge in [0.15, 0.2) is 12.4 Å². The number of carbonyl (C=O) groups excluding carboxylic acids is 2. The van der Waals surface area contributed by atoms with E-state index < -0.39 is 16.0 Å². The molecule has 1 saturated carbocycles. The molecule has 28 heavy (non-hydrogen) atoms. The molecule has 1 aliphatic heterocycles. The van der Waals surface area contributed by atoms with E-state index in [4.69, 9.17) is 4.74 Å². The maximum Gasteiger partial charge on any atom is 0.309 e. The van der Waals surface area contributed by atoms with E-state index in [1.165, 1.54) is 48.2 Å². The molecule has 2 aliphatic rings. The molecular formula is C21H29NO5S. The van der Waals surface area contributed by atoms with Gasteiger partial charge in [-0.15, -0.1) is 0 Å². The standard InChI is InChI=1S/C21H29NO5S/c1-28(25,26)22-13-11-19(12-14-22)21(24)27-15-20(23)18-9-7-17(8-10-18)16-5-3-2-4-6-16/h7-10,16,19H,2-6,11-15H2,1H3. The fourth-order valence-corrected chi connectivity index (χ4v) is 5.01. The van der Waals surface area contributed by atoms with Gasteiger partial charge in [0, 0.05) is 18.7 Å². The molecule has 0 radical (unpaired) electrons. The molecular weight excluding hydrogens is 378 g/mol. The van der Waals surface area contributed by atoms with Crippen molar-refractivity contribution < 1.29 is 22.7 Å². The van der Waals surface area contributed by atoms with Crippen molar-refractivity contribution in [3.05, 3.63) is 35.4 Å². The van der Waals surface area contributed by atoms with Crippen molar-refractivity contribution in [2.75, 3.05) is 26.0 Å². The molecule has 6 nitrogen and oxygen atoms in total. The predicted octanol–water partition coefficient (Wildman–Crippen LogP) is 3.13. The Kier molecular flexibility index (Phi) is 6.88. The predicted molar refractivity (Wildman–Crippen MR) is 107 cm³/mol. The molecule has 1 aromatic carbocycles. The van der Waals surface area contributed by atoms with Gasteiger partial charge in [-0.05, 0) is 37.2 Å². The minimum Gasteiger partial charge on any atom is -0.457 e. The quantitative estimate of drug-likeness (QED) is 0.535. The number of rotatable bonds is 6. The third-order valence-electron chi connectivity index (χ3n) is 5.91. The lowest BCUT2D eigenvalue weighted by Gasteiger charge is -2.28. The number of esters is 1. The second-order valence-corrected chi connectivity index (χ2v) is 9.91. The van der Waals surface area contributed by atoms with Crippen molar-refractivity contribution in [2.24, 2.45) is 5.92 Å². The van der Waals surface area contributed by atoms with E-state index in [1.807, 2.05) is 24.3 Å². The second kappa shape index (κ2) is 9.18. The van der Waals surface area contributed by atoms with E-state index in [-0.39, 0.29) is 18.3 Å². The molecule has 0 aromatic heterocycles. The summed E-state index contributed by atoms with van der Waals surface area (Å²) in [6.07, 6.45) is 8.29. The van der Waals surface area contributed by atoms with E-state index in [0.717, 1.165) is 0 Å². The van der Waals surface area contributed by atoms with Crippen molar-refractivity contribution in [3.8, 4) is 0 Å². The molecule has 0 N–H and O–H groups in total. The van der Waals surface area contributed by atoms with Crippen molar-refractivity contribution in [3.63, 3.8) is 0 Å². The monoisotopic (exact) mass is 407 g/mol. The Morgan fingerprint density at radius 2 is 1.61 bits per heavy atom. The van der Waals surface area contributed by atoms with Crippen LogP contribution in [0.3, 0.4) is 0 Å². The summed E-state index contributed by atoms with van der Waals surface area (Å²) in [5, 5.41) is 0. The molecule has 1 aromatic rings. The number of benzene rings is 1. The van der Waals surface area contributed by atoms with Gasteiger partial charge in [-0.1, -0.05) is 43.5 Å². The van der Waals surface area contributed by atoms with E-state index in [2.05, 4.69) is 0 Å². The number of hydrogen-bond acceptors (Lipinski definition) is 5. The van der Waals surface area contributed by atoms with E-state index in [1.54, 1.807) is 0 Å². The molecule has 0 amide bonds. The van der Waals surface area contributed by atoms with Crippen molar-refractivity contribution >= 4 is 21.8 Å². The lowest BCUT2D eigenvalue weighted by molar-refractivity contribution is -0.148. The summed E-state index contributed by atoms with van der Waals surface area (Å²) < 4.78 is 29.6. The van der Waals surface area contributed by atoms with Gasteiger partial charge >= 0.3 is 5.97 Å². The Morgan fingerprint density at radius 1 is 1.00 bits per heavy atom. The van der Waals surface area contributed by atoms with Crippen LogP contribution < -0.4 is 0 Å². The highest BCUT2D eigenvalue weighted by Crippen LogP contribution is 2.32. The minimum atomic E-state index is -3.22. The topological polar surface area (TPSA) is 80.8 Å². The van der Waals surface area contributed by atoms with Crippen molar-refractivity contribution in [1.82, 2.24) is 4.31 Å². The number of nitrogens with zero attached hydrogens (tertiary/aromatic N) is 1. The first-order chi connectivity index (χ1) is 13.3. The van der Waals surface area contributed by atoms with Crippen LogP contribution in [0.4, 0.5) is 0 Å². The fraction of sp³-hybridized carbons (Fsp3) is 0.619. The normalized spacial score (nSPS) is 20.0. The van der Waals surface area contributed by atoms with Gasteiger partial charge < -0.3 is 4.74 Å². The van der Waals surface area contributed by atoms with Gasteiger partial charge in [0.05, 0.1) is 12.2 Å². The summed E-state index contributed by atoms with van der Waals surface area (Å²) >= 11 is 0. The molecule has 1 heterocycles. The van der Waals surface area contributed by atoms with E-state index >= 15 is 0 Å². The van der Waals surface area contributed by atoms with Crippen LogP contribution in [0.25, 0.3) is 0 Å². The number of hydrogen-bond donors (Lipinski definition) is 0. The number of ketones is 1. The molecule has 7 heteroatoms. The molecule has 0 unspecified atom stereocenters. The fourth-order valence-electron chi connectivity index (χ4n) is 4.14. The van der Waals surface area contributed by atoms with Gasteiger partial charge in [0.2, 0.25) is 10.0 Å². The Morgan fingerprint density at radius 3 is 2.18 bits per heavy atom. The number of piperidine rings is 1. The molecule has 0 spiro atoms. The Hall–Kier alpha value is -1.73. The lowest BCUT2D eigenvalue weighted by atomic mass is 9.84. The second-order valence-electron chi connectivity index (χ2n) is 7.92. The molecule has 0 atom stereocenters. The molecule has 3 rings (SSSR count). The number of Topliss-reactive ketones (excluding diaryl/α,β-unsaturated/α-hetero) is 1. The maximum absolute atomic E-state index is 12.3. The molecule has 154 valence electrons.